The van der Waals surface area contributed by atoms with Crippen molar-refractivity contribution in [3.05, 3.63) is 0 Å². The molecule has 0 radical (unpaired) electrons. The van der Waals surface area contributed by atoms with Crippen LogP contribution >= 0.6 is 0 Å². The molecule has 1 aliphatic carbocycles. The molecule has 1 saturated carbocycles. The fourth-order valence-electron chi connectivity index (χ4n) is 3.22. The summed E-state index contributed by atoms with van der Waals surface area (Å²) in [6.07, 6.45) is 7.41. The zero-order valence-corrected chi connectivity index (χ0v) is 11.4. The molecule has 2 N–H and O–H groups in total. The van der Waals surface area contributed by atoms with Gasteiger partial charge in [-0.3, -0.25) is 4.79 Å². The van der Waals surface area contributed by atoms with E-state index in [4.69, 9.17) is 10.5 Å². The third kappa shape index (κ3) is 3.23. The number of rotatable bonds is 4. The van der Waals surface area contributed by atoms with E-state index in [1.807, 2.05) is 4.90 Å². The van der Waals surface area contributed by atoms with Crippen molar-refractivity contribution >= 4 is 5.91 Å². The fraction of sp³-hybridized carbons (Fsp3) is 0.929. The number of hydrogen-bond acceptors (Lipinski definition) is 3. The van der Waals surface area contributed by atoms with E-state index >= 15 is 0 Å². The molecule has 1 heterocycles. The molecule has 4 nitrogen and oxygen atoms in total. The van der Waals surface area contributed by atoms with Gasteiger partial charge >= 0.3 is 0 Å². The molecule has 2 rings (SSSR count). The maximum absolute atomic E-state index is 12.3. The summed E-state index contributed by atoms with van der Waals surface area (Å²) in [4.78, 5) is 14.4. The first kappa shape index (κ1) is 13.8. The molecule has 0 bridgehead atoms. The van der Waals surface area contributed by atoms with Crippen LogP contribution in [0.1, 0.15) is 51.9 Å². The van der Waals surface area contributed by atoms with Crippen LogP contribution in [0.15, 0.2) is 0 Å². The van der Waals surface area contributed by atoms with Crippen LogP contribution in [0.25, 0.3) is 0 Å². The molecule has 2 fully saturated rings. The molecule has 4 heteroatoms. The van der Waals surface area contributed by atoms with Crippen molar-refractivity contribution in [1.29, 1.82) is 0 Å². The zero-order chi connectivity index (χ0) is 13.0. The molecule has 3 unspecified atom stereocenters. The third-order valence-electron chi connectivity index (χ3n) is 4.15. The Labute approximate surface area is 110 Å². The van der Waals surface area contributed by atoms with Gasteiger partial charge in [-0.2, -0.15) is 0 Å². The SMILES string of the molecule is CCCC(N)CC(=O)N1CCOC2CCCCC21. The Hall–Kier alpha value is -0.610. The quantitative estimate of drug-likeness (QED) is 0.830. The number of ether oxygens (including phenoxy) is 1. The number of amides is 1. The van der Waals surface area contributed by atoms with Gasteiger partial charge in [-0.15, -0.1) is 0 Å². The van der Waals surface area contributed by atoms with Crippen LogP contribution in [-0.4, -0.2) is 42.1 Å². The van der Waals surface area contributed by atoms with E-state index in [0.717, 1.165) is 32.2 Å². The Balaban J connectivity index is 1.91. The third-order valence-corrected chi connectivity index (χ3v) is 4.15. The highest BCUT2D eigenvalue weighted by molar-refractivity contribution is 5.77. The molecule has 104 valence electrons. The summed E-state index contributed by atoms with van der Waals surface area (Å²) < 4.78 is 5.79. The van der Waals surface area contributed by atoms with Gasteiger partial charge in [0.25, 0.3) is 0 Å². The standard InChI is InChI=1S/C14H26N2O2/c1-2-5-11(15)10-14(17)16-8-9-18-13-7-4-3-6-12(13)16/h11-13H,2-10,15H2,1H3. The zero-order valence-electron chi connectivity index (χ0n) is 11.4. The number of hydrogen-bond donors (Lipinski definition) is 1. The minimum absolute atomic E-state index is 0.0207. The lowest BCUT2D eigenvalue weighted by atomic mass is 9.89. The van der Waals surface area contributed by atoms with Crippen molar-refractivity contribution in [3.63, 3.8) is 0 Å². The molecule has 0 spiro atoms. The molecule has 1 aliphatic heterocycles. The summed E-state index contributed by atoms with van der Waals surface area (Å²) >= 11 is 0. The van der Waals surface area contributed by atoms with Crippen LogP contribution in [0.2, 0.25) is 0 Å². The van der Waals surface area contributed by atoms with Crippen molar-refractivity contribution in [2.45, 2.75) is 70.1 Å². The van der Waals surface area contributed by atoms with Crippen molar-refractivity contribution < 1.29 is 9.53 Å². The Morgan fingerprint density at radius 2 is 2.22 bits per heavy atom. The maximum Gasteiger partial charge on any atom is 0.224 e. The number of morpholine rings is 1. The Kier molecular flexibility index (Phi) is 5.01. The Bertz CT molecular complexity index is 281. The van der Waals surface area contributed by atoms with Crippen molar-refractivity contribution in [1.82, 2.24) is 4.90 Å². The number of carbonyl (C=O) groups excluding carboxylic acids is 1. The molecule has 2 aliphatic rings. The maximum atomic E-state index is 12.3. The van der Waals surface area contributed by atoms with Gasteiger partial charge in [0.2, 0.25) is 5.91 Å². The average molecular weight is 254 g/mol. The van der Waals surface area contributed by atoms with Gasteiger partial charge in [0.15, 0.2) is 0 Å². The van der Waals surface area contributed by atoms with Gasteiger partial charge in [0, 0.05) is 19.0 Å². The number of carbonyl (C=O) groups is 1. The van der Waals surface area contributed by atoms with E-state index in [1.165, 1.54) is 12.8 Å². The van der Waals surface area contributed by atoms with E-state index in [0.29, 0.717) is 19.1 Å². The highest BCUT2D eigenvalue weighted by atomic mass is 16.5. The summed E-state index contributed by atoms with van der Waals surface area (Å²) in [5.41, 5.74) is 5.98. The largest absolute Gasteiger partial charge is 0.374 e. The predicted octanol–water partition coefficient (Wildman–Crippen LogP) is 1.67. The highest BCUT2D eigenvalue weighted by Crippen LogP contribution is 2.28. The normalized spacial score (nSPS) is 29.8. The molecule has 0 aromatic rings. The molecule has 18 heavy (non-hydrogen) atoms. The lowest BCUT2D eigenvalue weighted by molar-refractivity contribution is -0.149. The van der Waals surface area contributed by atoms with E-state index in [9.17, 15) is 4.79 Å². The summed E-state index contributed by atoms with van der Waals surface area (Å²) in [6.45, 7) is 3.55. The Morgan fingerprint density at radius 3 is 3.00 bits per heavy atom. The predicted molar refractivity (Wildman–Crippen MR) is 71.2 cm³/mol. The van der Waals surface area contributed by atoms with Crippen LogP contribution in [-0.2, 0) is 9.53 Å². The van der Waals surface area contributed by atoms with Crippen LogP contribution in [0, 0.1) is 0 Å². The van der Waals surface area contributed by atoms with Gasteiger partial charge in [-0.05, 0) is 19.3 Å². The van der Waals surface area contributed by atoms with Gasteiger partial charge in [0.1, 0.15) is 0 Å². The topological polar surface area (TPSA) is 55.6 Å². The molecule has 1 saturated heterocycles. The van der Waals surface area contributed by atoms with E-state index in [2.05, 4.69) is 6.92 Å². The van der Waals surface area contributed by atoms with Crippen LogP contribution < -0.4 is 5.73 Å². The van der Waals surface area contributed by atoms with Crippen LogP contribution in [0.3, 0.4) is 0 Å². The minimum Gasteiger partial charge on any atom is -0.374 e. The molecular formula is C14H26N2O2. The van der Waals surface area contributed by atoms with E-state index < -0.39 is 0 Å². The van der Waals surface area contributed by atoms with Gasteiger partial charge < -0.3 is 15.4 Å². The second-order valence-electron chi connectivity index (χ2n) is 5.60. The second kappa shape index (κ2) is 6.53. The summed E-state index contributed by atoms with van der Waals surface area (Å²) in [6, 6.07) is 0.334. The van der Waals surface area contributed by atoms with Crippen molar-refractivity contribution in [2.75, 3.05) is 13.2 Å². The first-order valence-corrected chi connectivity index (χ1v) is 7.39. The molecule has 0 aromatic heterocycles. The molecule has 0 aromatic carbocycles. The molecule has 3 atom stereocenters. The summed E-state index contributed by atoms with van der Waals surface area (Å²) in [7, 11) is 0. The first-order chi connectivity index (χ1) is 8.72. The van der Waals surface area contributed by atoms with Crippen molar-refractivity contribution in [3.8, 4) is 0 Å². The van der Waals surface area contributed by atoms with Crippen LogP contribution in [0.5, 0.6) is 0 Å². The monoisotopic (exact) mass is 254 g/mol. The molecule has 1 amide bonds. The summed E-state index contributed by atoms with van der Waals surface area (Å²) in [5.74, 6) is 0.233. The highest BCUT2D eigenvalue weighted by Gasteiger charge is 2.36. The van der Waals surface area contributed by atoms with E-state index in [1.54, 1.807) is 0 Å². The van der Waals surface area contributed by atoms with E-state index in [-0.39, 0.29) is 18.1 Å². The lowest BCUT2D eigenvalue weighted by Crippen LogP contribution is -2.55. The van der Waals surface area contributed by atoms with Gasteiger partial charge in [-0.1, -0.05) is 26.2 Å². The number of nitrogens with two attached hydrogens (primary N) is 1. The first-order valence-electron chi connectivity index (χ1n) is 7.39. The summed E-state index contributed by atoms with van der Waals surface area (Å²) in [5, 5.41) is 0. The van der Waals surface area contributed by atoms with Gasteiger partial charge in [-0.25, -0.2) is 0 Å². The number of fused-ring (bicyclic) bond motifs is 1. The Morgan fingerprint density at radius 1 is 1.44 bits per heavy atom. The second-order valence-corrected chi connectivity index (χ2v) is 5.60. The number of nitrogens with zero attached hydrogens (tertiary/aromatic N) is 1. The lowest BCUT2D eigenvalue weighted by Gasteiger charge is -2.44. The van der Waals surface area contributed by atoms with Gasteiger partial charge in [0.05, 0.1) is 18.8 Å². The fourth-order valence-corrected chi connectivity index (χ4v) is 3.22. The van der Waals surface area contributed by atoms with Crippen molar-refractivity contribution in [2.24, 2.45) is 5.73 Å². The minimum atomic E-state index is 0.0207. The molecular weight excluding hydrogens is 228 g/mol. The average Bonchev–Trinajstić information content (AvgIpc) is 2.38. The van der Waals surface area contributed by atoms with Crippen LogP contribution in [0.4, 0.5) is 0 Å². The smallest absolute Gasteiger partial charge is 0.224 e.